The Labute approximate surface area is 344 Å². The van der Waals surface area contributed by atoms with Gasteiger partial charge in [-0.1, -0.05) is 116 Å². The normalized spacial score (nSPS) is 13.2. The summed E-state index contributed by atoms with van der Waals surface area (Å²) in [5.41, 5.74) is 15.1. The van der Waals surface area contributed by atoms with E-state index in [-0.39, 0.29) is 17.8 Å². The molecule has 0 atom stereocenters. The number of methoxy groups -OCH3 is 1. The maximum absolute atomic E-state index is 13.1. The van der Waals surface area contributed by atoms with E-state index in [1.807, 2.05) is 17.0 Å². The van der Waals surface area contributed by atoms with Crippen molar-refractivity contribution in [3.05, 3.63) is 29.5 Å². The van der Waals surface area contributed by atoms with E-state index >= 15 is 0 Å². The van der Waals surface area contributed by atoms with Crippen LogP contribution in [-0.2, 0) is 16.1 Å². The minimum Gasteiger partial charge on any atom is -0.496 e. The molecule has 2 heterocycles. The Morgan fingerprint density at radius 1 is 0.772 bits per heavy atom. The van der Waals surface area contributed by atoms with Crippen LogP contribution < -0.4 is 31.7 Å². The van der Waals surface area contributed by atoms with Crippen molar-refractivity contribution in [1.29, 1.82) is 0 Å². The number of rotatable bonds is 30. The average Bonchev–Trinajstić information content (AvgIpc) is 3.47. The molecule has 1 aliphatic rings. The van der Waals surface area contributed by atoms with Crippen molar-refractivity contribution in [2.24, 2.45) is 4.99 Å². The number of ether oxygens (including phenoxy) is 1. The monoisotopic (exact) mass is 792 g/mol. The summed E-state index contributed by atoms with van der Waals surface area (Å²) in [6.07, 6.45) is 27.2. The van der Waals surface area contributed by atoms with Crippen LogP contribution in [0.4, 0.5) is 23.1 Å². The molecule has 6 N–H and O–H groups in total. The van der Waals surface area contributed by atoms with E-state index in [2.05, 4.69) is 50.4 Å². The third-order valence-electron chi connectivity index (χ3n) is 10.9. The third-order valence-corrected chi connectivity index (χ3v) is 10.9. The molecule has 320 valence electrons. The molecule has 2 amide bonds. The van der Waals surface area contributed by atoms with Gasteiger partial charge in [0.2, 0.25) is 17.8 Å². The molecular weight excluding hydrogens is 715 g/mol. The molecule has 1 fully saturated rings. The Hall–Kier alpha value is -4.09. The first-order chi connectivity index (χ1) is 27.9. The van der Waals surface area contributed by atoms with Crippen LogP contribution in [0.25, 0.3) is 0 Å². The fourth-order valence-electron chi connectivity index (χ4n) is 7.37. The van der Waals surface area contributed by atoms with Crippen LogP contribution in [0.1, 0.15) is 166 Å². The zero-order chi connectivity index (χ0) is 40.9. The largest absolute Gasteiger partial charge is 0.496 e. The molecule has 57 heavy (non-hydrogen) atoms. The van der Waals surface area contributed by atoms with Gasteiger partial charge >= 0.3 is 0 Å². The summed E-state index contributed by atoms with van der Waals surface area (Å²) in [6, 6.07) is 6.17. The number of nitrogens with two attached hydrogens (primary N) is 2. The fraction of sp³-hybridized carbons (Fsp3) is 0.711. The van der Waals surface area contributed by atoms with Crippen LogP contribution in [0.15, 0.2) is 23.2 Å². The third kappa shape index (κ3) is 19.3. The second-order valence-electron chi connectivity index (χ2n) is 15.7. The maximum Gasteiger partial charge on any atom is 0.222 e. The number of benzene rings is 1. The number of amides is 2. The van der Waals surface area contributed by atoms with Crippen LogP contribution in [-0.4, -0.2) is 79.3 Å². The van der Waals surface area contributed by atoms with Crippen molar-refractivity contribution in [2.45, 2.75) is 162 Å². The number of anilines is 4. The van der Waals surface area contributed by atoms with Crippen LogP contribution in [0.5, 0.6) is 5.75 Å². The predicted octanol–water partition coefficient (Wildman–Crippen LogP) is 9.07. The van der Waals surface area contributed by atoms with Gasteiger partial charge in [0.1, 0.15) is 17.1 Å². The second-order valence-corrected chi connectivity index (χ2v) is 15.7. The molecule has 1 aromatic carbocycles. The Morgan fingerprint density at radius 2 is 1.42 bits per heavy atom. The van der Waals surface area contributed by atoms with Gasteiger partial charge in [-0.05, 0) is 38.2 Å². The average molecular weight is 792 g/mol. The first-order valence-corrected chi connectivity index (χ1v) is 22.5. The van der Waals surface area contributed by atoms with Gasteiger partial charge < -0.3 is 36.6 Å². The number of nitrogens with one attached hydrogen (secondary N) is 2. The highest BCUT2D eigenvalue weighted by atomic mass is 16.5. The molecule has 1 aromatic heterocycles. The van der Waals surface area contributed by atoms with Gasteiger partial charge in [-0.15, -0.1) is 0 Å². The standard InChI is InChI=1S/C45H77N9O3/c1-4-6-8-9-10-11-12-13-14-15-16-17-18-19-20-24-41(55)49-29-22-21-25-42(56)54-31-23-30-53(32-33-54)38-27-26-37(40(34-38)57-3)35-48-36-39-43(46)44(50-28-7-5-2)52-45(47)51-39/h26-27,34,36H,4-25,28-33,35,46H2,1-3H3,(H,49,55)(H3,47,50,51,52). The topological polar surface area (TPSA) is 164 Å². The Balaban J connectivity index is 1.27. The van der Waals surface area contributed by atoms with E-state index in [9.17, 15) is 9.59 Å². The van der Waals surface area contributed by atoms with Gasteiger partial charge in [0.15, 0.2) is 5.82 Å². The van der Waals surface area contributed by atoms with Crippen molar-refractivity contribution in [3.63, 3.8) is 0 Å². The second kappa shape index (κ2) is 29.2. The molecule has 0 spiro atoms. The Bertz CT molecular complexity index is 1450. The molecule has 1 saturated heterocycles. The zero-order valence-corrected chi connectivity index (χ0v) is 35.9. The summed E-state index contributed by atoms with van der Waals surface area (Å²) in [6.45, 7) is 9.23. The summed E-state index contributed by atoms with van der Waals surface area (Å²) in [4.78, 5) is 42.8. The minimum absolute atomic E-state index is 0.142. The highest BCUT2D eigenvalue weighted by Crippen LogP contribution is 2.28. The number of carbonyl (C=O) groups excluding carboxylic acids is 2. The van der Waals surface area contributed by atoms with E-state index in [4.69, 9.17) is 16.2 Å². The first kappa shape index (κ1) is 47.3. The summed E-state index contributed by atoms with van der Waals surface area (Å²) in [7, 11) is 1.67. The molecule has 0 aliphatic carbocycles. The molecule has 0 radical (unpaired) electrons. The van der Waals surface area contributed by atoms with Crippen LogP contribution in [0, 0.1) is 0 Å². The summed E-state index contributed by atoms with van der Waals surface area (Å²) >= 11 is 0. The number of carbonyl (C=O) groups is 2. The molecule has 2 aromatic rings. The SMILES string of the molecule is CCCCCCCCCCCCCCCCCC(=O)NCCCCC(=O)N1CCCN(c2ccc(CN=Cc3nc(N)nc(NCCCC)c3N)c(OC)c2)CC1. The van der Waals surface area contributed by atoms with Crippen molar-refractivity contribution in [2.75, 3.05) is 68.1 Å². The summed E-state index contributed by atoms with van der Waals surface area (Å²) in [5.74, 6) is 1.76. The van der Waals surface area contributed by atoms with Crippen LogP contribution in [0.3, 0.4) is 0 Å². The first-order valence-electron chi connectivity index (χ1n) is 22.5. The number of unbranched alkanes of at least 4 members (excludes halogenated alkanes) is 16. The van der Waals surface area contributed by atoms with E-state index in [0.717, 1.165) is 88.1 Å². The van der Waals surface area contributed by atoms with Gasteiger partial charge in [-0.3, -0.25) is 14.6 Å². The van der Waals surface area contributed by atoms with Crippen molar-refractivity contribution < 1.29 is 14.3 Å². The Morgan fingerprint density at radius 3 is 2.09 bits per heavy atom. The quantitative estimate of drug-likeness (QED) is 0.0446. The lowest BCUT2D eigenvalue weighted by Crippen LogP contribution is -2.35. The van der Waals surface area contributed by atoms with Gasteiger partial charge in [-0.2, -0.15) is 4.98 Å². The number of aromatic nitrogens is 2. The lowest BCUT2D eigenvalue weighted by Gasteiger charge is -2.24. The molecule has 0 saturated carbocycles. The van der Waals surface area contributed by atoms with Crippen molar-refractivity contribution in [1.82, 2.24) is 20.2 Å². The maximum atomic E-state index is 13.1. The molecule has 0 bridgehead atoms. The number of nitrogens with zero attached hydrogens (tertiary/aromatic N) is 5. The van der Waals surface area contributed by atoms with E-state index < -0.39 is 0 Å². The fourth-order valence-corrected chi connectivity index (χ4v) is 7.37. The minimum atomic E-state index is 0.142. The number of aliphatic imine (C=N–C) groups is 1. The van der Waals surface area contributed by atoms with Crippen LogP contribution in [0.2, 0.25) is 0 Å². The number of hydrogen-bond acceptors (Lipinski definition) is 10. The lowest BCUT2D eigenvalue weighted by molar-refractivity contribution is -0.131. The zero-order valence-electron chi connectivity index (χ0n) is 35.9. The van der Waals surface area contributed by atoms with Crippen LogP contribution >= 0.6 is 0 Å². The smallest absolute Gasteiger partial charge is 0.222 e. The molecule has 0 unspecified atom stereocenters. The van der Waals surface area contributed by atoms with Gasteiger partial charge in [0, 0.05) is 75.6 Å². The summed E-state index contributed by atoms with van der Waals surface area (Å²) < 4.78 is 5.76. The van der Waals surface area contributed by atoms with Gasteiger partial charge in [-0.25, -0.2) is 4.98 Å². The van der Waals surface area contributed by atoms with Gasteiger partial charge in [0.05, 0.1) is 13.7 Å². The highest BCUT2D eigenvalue weighted by molar-refractivity contribution is 5.89. The molecule has 12 heteroatoms. The predicted molar refractivity (Wildman–Crippen MR) is 238 cm³/mol. The number of nitrogen functional groups attached to an aromatic ring is 2. The van der Waals surface area contributed by atoms with Gasteiger partial charge in [0.25, 0.3) is 0 Å². The molecule has 3 rings (SSSR count). The number of hydrogen-bond donors (Lipinski definition) is 4. The van der Waals surface area contributed by atoms with E-state index in [0.29, 0.717) is 49.7 Å². The van der Waals surface area contributed by atoms with Crippen molar-refractivity contribution >= 4 is 41.2 Å². The van der Waals surface area contributed by atoms with E-state index in [1.165, 1.54) is 83.5 Å². The highest BCUT2D eigenvalue weighted by Gasteiger charge is 2.20. The Kier molecular flexibility index (Phi) is 24.2. The molecule has 12 nitrogen and oxygen atoms in total. The summed E-state index contributed by atoms with van der Waals surface area (Å²) in [5, 5.41) is 6.29. The lowest BCUT2D eigenvalue weighted by atomic mass is 10.0. The molecular formula is C45H77N9O3. The van der Waals surface area contributed by atoms with Crippen molar-refractivity contribution in [3.8, 4) is 5.75 Å². The van der Waals surface area contributed by atoms with E-state index in [1.54, 1.807) is 13.3 Å². The molecule has 1 aliphatic heterocycles.